The molecular formula is C14H25N3. The van der Waals surface area contributed by atoms with Gasteiger partial charge < -0.3 is 9.88 Å². The fourth-order valence-corrected chi connectivity index (χ4v) is 2.33. The van der Waals surface area contributed by atoms with E-state index >= 15 is 0 Å². The van der Waals surface area contributed by atoms with E-state index in [0.29, 0.717) is 12.0 Å². The summed E-state index contributed by atoms with van der Waals surface area (Å²) in [6.45, 7) is 9.86. The molecule has 1 atom stereocenters. The predicted molar refractivity (Wildman–Crippen MR) is 72.2 cm³/mol. The minimum absolute atomic E-state index is 0.537. The highest BCUT2D eigenvalue weighted by Crippen LogP contribution is 2.34. The Balaban J connectivity index is 1.97. The lowest BCUT2D eigenvalue weighted by Gasteiger charge is -2.16. The minimum Gasteiger partial charge on any atom is -0.353 e. The van der Waals surface area contributed by atoms with E-state index in [9.17, 15) is 0 Å². The monoisotopic (exact) mass is 235 g/mol. The van der Waals surface area contributed by atoms with Gasteiger partial charge in [0, 0.05) is 18.8 Å². The zero-order chi connectivity index (χ0) is 12.4. The van der Waals surface area contributed by atoms with Gasteiger partial charge in [-0.3, -0.25) is 0 Å². The van der Waals surface area contributed by atoms with E-state index in [1.54, 1.807) is 0 Å². The lowest BCUT2D eigenvalue weighted by molar-refractivity contribution is 0.521. The molecule has 2 rings (SSSR count). The van der Waals surface area contributed by atoms with Crippen molar-refractivity contribution in [3.05, 3.63) is 11.9 Å². The molecule has 17 heavy (non-hydrogen) atoms. The van der Waals surface area contributed by atoms with Gasteiger partial charge in [0.1, 0.15) is 0 Å². The van der Waals surface area contributed by atoms with Crippen LogP contribution in [0.4, 0.5) is 5.95 Å². The van der Waals surface area contributed by atoms with Crippen molar-refractivity contribution in [1.82, 2.24) is 9.55 Å². The molecule has 0 amide bonds. The lowest BCUT2D eigenvalue weighted by atomic mass is 10.2. The van der Waals surface area contributed by atoms with E-state index in [4.69, 9.17) is 0 Å². The SMILES string of the molecule is Cc1cn(CC(C)C)c(NC(C)CC2CC2)n1. The van der Waals surface area contributed by atoms with Crippen molar-refractivity contribution in [2.45, 2.75) is 59.5 Å². The average molecular weight is 235 g/mol. The van der Waals surface area contributed by atoms with E-state index in [0.717, 1.165) is 24.1 Å². The Morgan fingerprint density at radius 3 is 2.71 bits per heavy atom. The summed E-state index contributed by atoms with van der Waals surface area (Å²) in [5.41, 5.74) is 1.10. The molecule has 0 bridgehead atoms. The minimum atomic E-state index is 0.537. The van der Waals surface area contributed by atoms with E-state index in [2.05, 4.69) is 48.8 Å². The molecule has 96 valence electrons. The summed E-state index contributed by atoms with van der Waals surface area (Å²) in [4.78, 5) is 4.58. The Morgan fingerprint density at radius 1 is 1.41 bits per heavy atom. The normalized spacial score (nSPS) is 17.5. The standard InChI is InChI=1S/C14H25N3/c1-10(2)8-17-9-12(4)16-14(17)15-11(3)7-13-5-6-13/h9-11,13H,5-8H2,1-4H3,(H,15,16). The number of rotatable bonds is 6. The van der Waals surface area contributed by atoms with E-state index in [1.807, 2.05) is 0 Å². The highest BCUT2D eigenvalue weighted by Gasteiger charge is 2.24. The van der Waals surface area contributed by atoms with Crippen LogP contribution in [0.1, 0.15) is 45.7 Å². The van der Waals surface area contributed by atoms with Crippen molar-refractivity contribution >= 4 is 5.95 Å². The maximum absolute atomic E-state index is 4.58. The number of hydrogen-bond acceptors (Lipinski definition) is 2. The third kappa shape index (κ3) is 3.76. The summed E-state index contributed by atoms with van der Waals surface area (Å²) >= 11 is 0. The van der Waals surface area contributed by atoms with Crippen LogP contribution in [0.25, 0.3) is 0 Å². The number of imidazole rings is 1. The number of hydrogen-bond donors (Lipinski definition) is 1. The molecule has 3 heteroatoms. The van der Waals surface area contributed by atoms with E-state index in [-0.39, 0.29) is 0 Å². The molecule has 0 aliphatic heterocycles. The first-order valence-electron chi connectivity index (χ1n) is 6.85. The van der Waals surface area contributed by atoms with E-state index in [1.165, 1.54) is 19.3 Å². The van der Waals surface area contributed by atoms with Gasteiger partial charge in [0.05, 0.1) is 5.69 Å². The molecule has 0 spiro atoms. The van der Waals surface area contributed by atoms with Crippen molar-refractivity contribution < 1.29 is 0 Å². The first kappa shape index (κ1) is 12.5. The third-order valence-corrected chi connectivity index (χ3v) is 3.22. The molecule has 1 aromatic heterocycles. The first-order chi connectivity index (χ1) is 8.04. The summed E-state index contributed by atoms with van der Waals surface area (Å²) in [7, 11) is 0. The molecule has 1 heterocycles. The molecule has 1 aromatic rings. The number of aryl methyl sites for hydroxylation is 1. The summed E-state index contributed by atoms with van der Waals surface area (Å²) in [5.74, 6) is 2.67. The number of anilines is 1. The van der Waals surface area contributed by atoms with Crippen molar-refractivity contribution in [3.8, 4) is 0 Å². The second-order valence-electron chi connectivity index (χ2n) is 5.98. The summed E-state index contributed by atoms with van der Waals surface area (Å²) in [5, 5.41) is 3.56. The van der Waals surface area contributed by atoms with E-state index < -0.39 is 0 Å². The van der Waals surface area contributed by atoms with Crippen LogP contribution < -0.4 is 5.32 Å². The Bertz CT molecular complexity index is 364. The summed E-state index contributed by atoms with van der Waals surface area (Å²) in [6.07, 6.45) is 6.27. The topological polar surface area (TPSA) is 29.9 Å². The fourth-order valence-electron chi connectivity index (χ4n) is 2.33. The average Bonchev–Trinajstić information content (AvgIpc) is 2.92. The van der Waals surface area contributed by atoms with Gasteiger partial charge in [0.25, 0.3) is 0 Å². The van der Waals surface area contributed by atoms with Gasteiger partial charge in [-0.1, -0.05) is 26.7 Å². The molecular weight excluding hydrogens is 210 g/mol. The Morgan fingerprint density at radius 2 is 2.12 bits per heavy atom. The molecule has 1 saturated carbocycles. The van der Waals surface area contributed by atoms with Crippen molar-refractivity contribution in [1.29, 1.82) is 0 Å². The smallest absolute Gasteiger partial charge is 0.203 e. The second kappa shape index (κ2) is 5.11. The Labute approximate surface area is 105 Å². The van der Waals surface area contributed by atoms with Crippen LogP contribution in [-0.4, -0.2) is 15.6 Å². The molecule has 0 aromatic carbocycles. The Kier molecular flexibility index (Phi) is 3.75. The molecule has 1 N–H and O–H groups in total. The second-order valence-corrected chi connectivity index (χ2v) is 5.98. The van der Waals surface area contributed by atoms with Gasteiger partial charge in [-0.05, 0) is 32.1 Å². The quantitative estimate of drug-likeness (QED) is 0.818. The van der Waals surface area contributed by atoms with Crippen LogP contribution in [0.15, 0.2) is 6.20 Å². The van der Waals surface area contributed by atoms with Gasteiger partial charge in [-0.15, -0.1) is 0 Å². The number of aromatic nitrogens is 2. The van der Waals surface area contributed by atoms with Crippen LogP contribution in [0, 0.1) is 18.8 Å². The first-order valence-corrected chi connectivity index (χ1v) is 6.85. The summed E-state index contributed by atoms with van der Waals surface area (Å²) in [6, 6.07) is 0.537. The number of nitrogens with one attached hydrogen (secondary N) is 1. The van der Waals surface area contributed by atoms with Crippen LogP contribution in [-0.2, 0) is 6.54 Å². The highest BCUT2D eigenvalue weighted by molar-refractivity contribution is 5.30. The molecule has 1 aliphatic carbocycles. The van der Waals surface area contributed by atoms with Gasteiger partial charge in [-0.25, -0.2) is 4.98 Å². The molecule has 1 fully saturated rings. The van der Waals surface area contributed by atoms with Gasteiger partial charge in [0.2, 0.25) is 5.95 Å². The van der Waals surface area contributed by atoms with Gasteiger partial charge in [-0.2, -0.15) is 0 Å². The van der Waals surface area contributed by atoms with Crippen molar-refractivity contribution in [2.75, 3.05) is 5.32 Å². The molecule has 0 radical (unpaired) electrons. The largest absolute Gasteiger partial charge is 0.353 e. The molecule has 3 nitrogen and oxygen atoms in total. The fraction of sp³-hybridized carbons (Fsp3) is 0.786. The van der Waals surface area contributed by atoms with Crippen LogP contribution in [0.2, 0.25) is 0 Å². The zero-order valence-corrected chi connectivity index (χ0v) is 11.5. The molecule has 0 saturated heterocycles. The van der Waals surface area contributed by atoms with Crippen molar-refractivity contribution in [3.63, 3.8) is 0 Å². The molecule has 1 aliphatic rings. The van der Waals surface area contributed by atoms with Gasteiger partial charge in [0.15, 0.2) is 0 Å². The van der Waals surface area contributed by atoms with Gasteiger partial charge >= 0.3 is 0 Å². The highest BCUT2D eigenvalue weighted by atomic mass is 15.2. The van der Waals surface area contributed by atoms with Crippen LogP contribution in [0.3, 0.4) is 0 Å². The number of nitrogens with zero attached hydrogens (tertiary/aromatic N) is 2. The maximum atomic E-state index is 4.58. The summed E-state index contributed by atoms with van der Waals surface area (Å²) < 4.78 is 2.25. The maximum Gasteiger partial charge on any atom is 0.203 e. The molecule has 1 unspecified atom stereocenters. The van der Waals surface area contributed by atoms with Crippen LogP contribution in [0.5, 0.6) is 0 Å². The zero-order valence-electron chi connectivity index (χ0n) is 11.5. The predicted octanol–water partition coefficient (Wildman–Crippen LogP) is 3.45. The third-order valence-electron chi connectivity index (χ3n) is 3.22. The lowest BCUT2D eigenvalue weighted by Crippen LogP contribution is -2.19. The Hall–Kier alpha value is -0.990. The van der Waals surface area contributed by atoms with Crippen molar-refractivity contribution in [2.24, 2.45) is 11.8 Å². The van der Waals surface area contributed by atoms with Crippen LogP contribution >= 0.6 is 0 Å².